The van der Waals surface area contributed by atoms with Gasteiger partial charge in [0.15, 0.2) is 0 Å². The van der Waals surface area contributed by atoms with Crippen molar-refractivity contribution in [3.05, 3.63) is 11.8 Å². The predicted molar refractivity (Wildman–Crippen MR) is 51.2 cm³/mol. The minimum atomic E-state index is -0.151. The molecule has 0 aromatic heterocycles. The molecule has 0 amide bonds. The number of ether oxygens (including phenoxy) is 1. The Morgan fingerprint density at radius 2 is 1.92 bits per heavy atom. The Balaban J connectivity index is 4.47. The first kappa shape index (κ1) is 13.0. The van der Waals surface area contributed by atoms with Gasteiger partial charge in [-0.2, -0.15) is 0 Å². The van der Waals surface area contributed by atoms with E-state index in [9.17, 15) is 4.79 Å². The van der Waals surface area contributed by atoms with E-state index in [4.69, 9.17) is 7.81 Å². The molecule has 0 fully saturated rings. The van der Waals surface area contributed by atoms with Crippen LogP contribution in [0.1, 0.15) is 20.8 Å². The first-order valence-corrected chi connectivity index (χ1v) is 5.31. The number of hydrogen-bond donors (Lipinski definition) is 0. The van der Waals surface area contributed by atoms with Gasteiger partial charge >= 0.3 is 93.1 Å². The molecule has 0 aliphatic heterocycles. The molecule has 0 saturated heterocycles. The average Bonchev–Trinajstić information content (AvgIpc) is 2.12. The molecule has 0 spiro atoms. The maximum absolute atomic E-state index is 11.3. The zero-order valence-electron chi connectivity index (χ0n) is 8.46. The monoisotopic (exact) mass is 291 g/mol. The molecule has 1 atom stereocenters. The quantitative estimate of drug-likeness (QED) is 0.434. The summed E-state index contributed by atoms with van der Waals surface area (Å²) in [7, 11) is 1.59. The van der Waals surface area contributed by atoms with Gasteiger partial charge in [-0.05, 0) is 0 Å². The van der Waals surface area contributed by atoms with Gasteiger partial charge in [-0.25, -0.2) is 0 Å². The Kier molecular flexibility index (Phi) is 6.41. The van der Waals surface area contributed by atoms with Crippen molar-refractivity contribution in [1.29, 1.82) is 0 Å². The van der Waals surface area contributed by atoms with E-state index in [1.807, 2.05) is 20.8 Å². The molecule has 0 rings (SSSR count). The fourth-order valence-electron chi connectivity index (χ4n) is 0.653. The van der Waals surface area contributed by atoms with Crippen LogP contribution in [0.3, 0.4) is 0 Å². The van der Waals surface area contributed by atoms with Crippen LogP contribution in [-0.2, 0) is 12.6 Å². The summed E-state index contributed by atoms with van der Waals surface area (Å²) in [5.74, 6) is 0.686. The van der Waals surface area contributed by atoms with Crippen LogP contribution < -0.4 is 0 Å². The van der Waals surface area contributed by atoms with E-state index in [1.54, 1.807) is 7.11 Å². The van der Waals surface area contributed by atoms with Gasteiger partial charge in [-0.15, -0.1) is 0 Å². The summed E-state index contributed by atoms with van der Waals surface area (Å²) in [5, 5.41) is 0. The van der Waals surface area contributed by atoms with Gasteiger partial charge in [0.2, 0.25) is 0 Å². The van der Waals surface area contributed by atoms with Crippen molar-refractivity contribution in [2.45, 2.75) is 26.9 Å². The van der Waals surface area contributed by atoms with Crippen molar-refractivity contribution in [1.82, 2.24) is 0 Å². The fraction of sp³-hybridized carbons (Fsp3) is 0.667. The molecule has 0 N–H and O–H groups in total. The standard InChI is InChI=1S/C9H16O3.Sn/c1-6(2)8(10)5-9(11)7(3)12-4;/h5-7,11H,1-4H3;/q;+1/p-1. The molecule has 1 unspecified atom stereocenters. The molecule has 13 heavy (non-hydrogen) atoms. The molecule has 0 aliphatic rings. The summed E-state index contributed by atoms with van der Waals surface area (Å²) in [5.41, 5.74) is 0. The number of allylic oxidation sites excluding steroid dienone is 1. The number of hydrogen-bond acceptors (Lipinski definition) is 3. The van der Waals surface area contributed by atoms with Crippen LogP contribution in [0, 0.1) is 5.92 Å². The summed E-state index contributed by atoms with van der Waals surface area (Å²) >= 11 is 0.914. The van der Waals surface area contributed by atoms with Crippen molar-refractivity contribution >= 4 is 28.7 Å². The Morgan fingerprint density at radius 3 is 2.23 bits per heavy atom. The van der Waals surface area contributed by atoms with Crippen LogP contribution in [0.15, 0.2) is 11.8 Å². The molecule has 73 valence electrons. The number of rotatable bonds is 5. The van der Waals surface area contributed by atoms with Crippen molar-refractivity contribution in [3.8, 4) is 0 Å². The van der Waals surface area contributed by atoms with Gasteiger partial charge in [-0.1, -0.05) is 0 Å². The zero-order valence-corrected chi connectivity index (χ0v) is 11.3. The summed E-state index contributed by atoms with van der Waals surface area (Å²) in [6.07, 6.45) is 1.37. The molecular weight excluding hydrogens is 275 g/mol. The van der Waals surface area contributed by atoms with Crippen molar-refractivity contribution in [3.63, 3.8) is 0 Å². The van der Waals surface area contributed by atoms with E-state index in [1.165, 1.54) is 6.08 Å². The van der Waals surface area contributed by atoms with E-state index in [0.29, 0.717) is 5.76 Å². The van der Waals surface area contributed by atoms with Gasteiger partial charge in [0, 0.05) is 0 Å². The molecule has 3 nitrogen and oxygen atoms in total. The predicted octanol–water partition coefficient (Wildman–Crippen LogP) is 1.23. The molecule has 0 aliphatic carbocycles. The Hall–Kier alpha value is -0.0313. The Morgan fingerprint density at radius 1 is 1.38 bits per heavy atom. The van der Waals surface area contributed by atoms with E-state index in [-0.39, 0.29) is 17.8 Å². The SMILES string of the molecule is COC(C)C(=CC(=O)C(C)C)[O][Sn]. The third-order valence-electron chi connectivity index (χ3n) is 1.73. The van der Waals surface area contributed by atoms with E-state index in [2.05, 4.69) is 0 Å². The third kappa shape index (κ3) is 4.66. The molecule has 0 aromatic carbocycles. The molecule has 3 radical (unpaired) electrons. The maximum atomic E-state index is 11.3. The summed E-state index contributed by atoms with van der Waals surface area (Å²) in [4.78, 5) is 11.3. The van der Waals surface area contributed by atoms with Gasteiger partial charge in [0.25, 0.3) is 0 Å². The molecule has 0 saturated carbocycles. The number of carbonyl (C=O) groups is 1. The first-order chi connectivity index (χ1) is 6.02. The summed E-state index contributed by atoms with van der Waals surface area (Å²) in [6, 6.07) is 0. The second-order valence-corrected chi connectivity index (χ2v) is 3.67. The second-order valence-electron chi connectivity index (χ2n) is 3.08. The summed E-state index contributed by atoms with van der Waals surface area (Å²) < 4.78 is 10.2. The van der Waals surface area contributed by atoms with E-state index in [0.717, 1.165) is 22.9 Å². The normalized spacial score (nSPS) is 14.5. The number of ketones is 1. The molecule has 0 heterocycles. The van der Waals surface area contributed by atoms with Crippen LogP contribution in [0.25, 0.3) is 0 Å². The molecule has 4 heteroatoms. The zero-order chi connectivity index (χ0) is 10.4. The average molecular weight is 290 g/mol. The third-order valence-corrected chi connectivity index (χ3v) is 2.40. The first-order valence-electron chi connectivity index (χ1n) is 4.14. The molecular formula is C9H15O3Sn. The Labute approximate surface area is 93.1 Å². The molecule has 0 aromatic rings. The number of carbonyl (C=O) groups excluding carboxylic acids is 1. The van der Waals surface area contributed by atoms with Gasteiger partial charge in [-0.3, -0.25) is 0 Å². The van der Waals surface area contributed by atoms with Gasteiger partial charge in [0.05, 0.1) is 0 Å². The van der Waals surface area contributed by atoms with Crippen molar-refractivity contribution < 1.29 is 12.6 Å². The van der Waals surface area contributed by atoms with E-state index >= 15 is 0 Å². The Bertz CT molecular complexity index is 199. The van der Waals surface area contributed by atoms with Crippen molar-refractivity contribution in [2.24, 2.45) is 5.92 Å². The number of methoxy groups -OCH3 is 1. The van der Waals surface area contributed by atoms with Crippen LogP contribution in [0.4, 0.5) is 0 Å². The summed E-state index contributed by atoms with van der Waals surface area (Å²) in [6.45, 7) is 5.57. The minimum absolute atomic E-state index is 0.00464. The topological polar surface area (TPSA) is 35.5 Å². The second kappa shape index (κ2) is 6.43. The molecule has 0 bridgehead atoms. The van der Waals surface area contributed by atoms with Crippen molar-refractivity contribution in [2.75, 3.05) is 7.11 Å². The van der Waals surface area contributed by atoms with Crippen LogP contribution in [-0.4, -0.2) is 41.9 Å². The van der Waals surface area contributed by atoms with Gasteiger partial charge in [0.1, 0.15) is 0 Å². The van der Waals surface area contributed by atoms with Gasteiger partial charge < -0.3 is 0 Å². The van der Waals surface area contributed by atoms with Crippen LogP contribution in [0.2, 0.25) is 0 Å². The fourth-order valence-corrected chi connectivity index (χ4v) is 1.29. The van der Waals surface area contributed by atoms with Crippen LogP contribution >= 0.6 is 0 Å². The van der Waals surface area contributed by atoms with Crippen LogP contribution in [0.5, 0.6) is 0 Å². The van der Waals surface area contributed by atoms with E-state index < -0.39 is 0 Å².